The zero-order valence-corrected chi connectivity index (χ0v) is 11.8. The van der Waals surface area contributed by atoms with Gasteiger partial charge in [-0.2, -0.15) is 0 Å². The van der Waals surface area contributed by atoms with E-state index >= 15 is 0 Å². The fraction of sp³-hybridized carbons (Fsp3) is 1.00. The maximum absolute atomic E-state index is 3.59. The molecule has 1 atom stereocenters. The molecule has 0 aliphatic carbocycles. The van der Waals surface area contributed by atoms with Gasteiger partial charge in [0.15, 0.2) is 0 Å². The Hall–Kier alpha value is -0.120. The molecule has 1 N–H and O–H groups in total. The van der Waals surface area contributed by atoms with Crippen molar-refractivity contribution < 1.29 is 0 Å². The van der Waals surface area contributed by atoms with Gasteiger partial charge in [0.1, 0.15) is 0 Å². The first kappa shape index (κ1) is 13.3. The van der Waals surface area contributed by atoms with Crippen LogP contribution in [-0.4, -0.2) is 60.6 Å². The lowest BCUT2D eigenvalue weighted by molar-refractivity contribution is 0.0919. The molecule has 0 aromatic carbocycles. The van der Waals surface area contributed by atoms with Gasteiger partial charge < -0.3 is 10.2 Å². The van der Waals surface area contributed by atoms with Crippen LogP contribution in [0.15, 0.2) is 0 Å². The van der Waals surface area contributed by atoms with Crippen LogP contribution in [-0.2, 0) is 0 Å². The van der Waals surface area contributed by atoms with Crippen molar-refractivity contribution in [1.29, 1.82) is 0 Å². The van der Waals surface area contributed by atoms with Crippen molar-refractivity contribution in [3.63, 3.8) is 0 Å². The monoisotopic (exact) mass is 239 g/mol. The Morgan fingerprint density at radius 2 is 1.82 bits per heavy atom. The molecular weight excluding hydrogens is 210 g/mol. The quantitative estimate of drug-likeness (QED) is 0.788. The summed E-state index contributed by atoms with van der Waals surface area (Å²) < 4.78 is 0. The van der Waals surface area contributed by atoms with E-state index in [2.05, 4.69) is 35.9 Å². The Labute approximate surface area is 107 Å². The smallest absolute Gasteiger partial charge is 0.0166 e. The minimum absolute atomic E-state index is 0.667. The average Bonchev–Trinajstić information content (AvgIpc) is 2.54. The van der Waals surface area contributed by atoms with E-state index in [0.29, 0.717) is 6.04 Å². The molecule has 17 heavy (non-hydrogen) atoms. The Morgan fingerprint density at radius 3 is 2.47 bits per heavy atom. The predicted octanol–water partition coefficient (Wildman–Crippen LogP) is 1.54. The third-order valence-electron chi connectivity index (χ3n) is 4.37. The lowest BCUT2D eigenvalue weighted by Crippen LogP contribution is -2.48. The third-order valence-corrected chi connectivity index (χ3v) is 4.37. The number of rotatable bonds is 2. The summed E-state index contributed by atoms with van der Waals surface area (Å²) in [5, 5.41) is 3.59. The molecule has 0 aromatic heterocycles. The zero-order valence-electron chi connectivity index (χ0n) is 11.8. The van der Waals surface area contributed by atoms with E-state index < -0.39 is 0 Å². The van der Waals surface area contributed by atoms with Crippen molar-refractivity contribution in [3.05, 3.63) is 0 Å². The molecular formula is C14H29N3. The van der Waals surface area contributed by atoms with Gasteiger partial charge >= 0.3 is 0 Å². The molecule has 0 spiro atoms. The van der Waals surface area contributed by atoms with Crippen molar-refractivity contribution in [2.45, 2.75) is 58.2 Å². The second-order valence-electron chi connectivity index (χ2n) is 6.06. The molecule has 2 rings (SSSR count). The van der Waals surface area contributed by atoms with E-state index in [1.54, 1.807) is 0 Å². The average molecular weight is 239 g/mol. The normalized spacial score (nSPS) is 30.7. The van der Waals surface area contributed by atoms with Gasteiger partial charge in [-0.3, -0.25) is 4.90 Å². The highest BCUT2D eigenvalue weighted by Gasteiger charge is 2.27. The predicted molar refractivity (Wildman–Crippen MR) is 73.4 cm³/mol. The van der Waals surface area contributed by atoms with Gasteiger partial charge in [-0.15, -0.1) is 0 Å². The number of likely N-dealkylation sites (tertiary alicyclic amines) is 1. The van der Waals surface area contributed by atoms with E-state index in [1.165, 1.54) is 52.0 Å². The summed E-state index contributed by atoms with van der Waals surface area (Å²) >= 11 is 0. The van der Waals surface area contributed by atoms with Crippen LogP contribution >= 0.6 is 0 Å². The van der Waals surface area contributed by atoms with Crippen molar-refractivity contribution in [1.82, 2.24) is 15.1 Å². The largest absolute Gasteiger partial charge is 0.313 e. The van der Waals surface area contributed by atoms with E-state index in [9.17, 15) is 0 Å². The molecule has 2 fully saturated rings. The van der Waals surface area contributed by atoms with Crippen molar-refractivity contribution >= 4 is 0 Å². The zero-order chi connectivity index (χ0) is 12.3. The topological polar surface area (TPSA) is 18.5 Å². The molecule has 1 unspecified atom stereocenters. The van der Waals surface area contributed by atoms with Crippen LogP contribution < -0.4 is 5.32 Å². The number of piperidine rings is 1. The van der Waals surface area contributed by atoms with Gasteiger partial charge in [0.05, 0.1) is 0 Å². The lowest BCUT2D eigenvalue weighted by Gasteiger charge is -2.40. The molecule has 0 radical (unpaired) electrons. The van der Waals surface area contributed by atoms with Gasteiger partial charge in [-0.05, 0) is 66.2 Å². The van der Waals surface area contributed by atoms with Crippen molar-refractivity contribution in [2.24, 2.45) is 0 Å². The minimum atomic E-state index is 0.667. The Morgan fingerprint density at radius 1 is 1.12 bits per heavy atom. The van der Waals surface area contributed by atoms with E-state index in [-0.39, 0.29) is 0 Å². The molecule has 0 bridgehead atoms. The third kappa shape index (κ3) is 3.67. The Bertz CT molecular complexity index is 222. The van der Waals surface area contributed by atoms with Crippen molar-refractivity contribution in [2.75, 3.05) is 32.7 Å². The second-order valence-corrected chi connectivity index (χ2v) is 6.06. The molecule has 0 saturated carbocycles. The second kappa shape index (κ2) is 6.17. The van der Waals surface area contributed by atoms with Gasteiger partial charge in [0.25, 0.3) is 0 Å². The standard InChI is InChI=1S/C14H29N3/c1-12(2)16-9-5-14(6-10-16)17-8-4-7-15-13(3)11-17/h12-15H,4-11H2,1-3H3. The number of nitrogens with one attached hydrogen (secondary N) is 1. The highest BCUT2D eigenvalue weighted by atomic mass is 15.2. The Balaban J connectivity index is 1.82. The van der Waals surface area contributed by atoms with Crippen LogP contribution in [0.25, 0.3) is 0 Å². The van der Waals surface area contributed by atoms with Gasteiger partial charge in [-0.25, -0.2) is 0 Å². The summed E-state index contributed by atoms with van der Waals surface area (Å²) in [6.45, 7) is 13.3. The molecule has 0 amide bonds. The van der Waals surface area contributed by atoms with Crippen LogP contribution in [0.4, 0.5) is 0 Å². The highest BCUT2D eigenvalue weighted by Crippen LogP contribution is 2.19. The maximum Gasteiger partial charge on any atom is 0.0166 e. The summed E-state index contributed by atoms with van der Waals surface area (Å²) in [6, 6.07) is 2.23. The van der Waals surface area contributed by atoms with Crippen LogP contribution in [0.2, 0.25) is 0 Å². The Kier molecular flexibility index (Phi) is 4.83. The SMILES string of the molecule is CC1CN(C2CCN(C(C)C)CC2)CCCN1. The summed E-state index contributed by atoms with van der Waals surface area (Å²) in [7, 11) is 0. The van der Waals surface area contributed by atoms with Gasteiger partial charge in [0.2, 0.25) is 0 Å². The van der Waals surface area contributed by atoms with Crippen LogP contribution in [0.3, 0.4) is 0 Å². The van der Waals surface area contributed by atoms with Crippen LogP contribution in [0.1, 0.15) is 40.0 Å². The number of nitrogens with zero attached hydrogens (tertiary/aromatic N) is 2. The van der Waals surface area contributed by atoms with E-state index in [1.807, 2.05) is 0 Å². The maximum atomic E-state index is 3.59. The molecule has 3 heteroatoms. The molecule has 2 aliphatic heterocycles. The number of hydrogen-bond donors (Lipinski definition) is 1. The molecule has 3 nitrogen and oxygen atoms in total. The summed E-state index contributed by atoms with van der Waals surface area (Å²) in [5.41, 5.74) is 0. The van der Waals surface area contributed by atoms with Gasteiger partial charge in [0, 0.05) is 24.7 Å². The number of hydrogen-bond acceptors (Lipinski definition) is 3. The van der Waals surface area contributed by atoms with Crippen LogP contribution in [0.5, 0.6) is 0 Å². The van der Waals surface area contributed by atoms with Gasteiger partial charge in [-0.1, -0.05) is 0 Å². The summed E-state index contributed by atoms with van der Waals surface area (Å²) in [5.74, 6) is 0. The first-order valence-corrected chi connectivity index (χ1v) is 7.38. The van der Waals surface area contributed by atoms with Crippen LogP contribution in [0, 0.1) is 0 Å². The molecule has 100 valence electrons. The first-order valence-electron chi connectivity index (χ1n) is 7.38. The highest BCUT2D eigenvalue weighted by molar-refractivity contribution is 4.84. The minimum Gasteiger partial charge on any atom is -0.313 e. The molecule has 2 aliphatic rings. The fourth-order valence-electron chi connectivity index (χ4n) is 3.24. The summed E-state index contributed by atoms with van der Waals surface area (Å²) in [6.07, 6.45) is 4.05. The van der Waals surface area contributed by atoms with E-state index in [4.69, 9.17) is 0 Å². The first-order chi connectivity index (χ1) is 8.16. The lowest BCUT2D eigenvalue weighted by atomic mass is 10.0. The van der Waals surface area contributed by atoms with E-state index in [0.717, 1.165) is 12.1 Å². The van der Waals surface area contributed by atoms with Crippen molar-refractivity contribution in [3.8, 4) is 0 Å². The molecule has 2 saturated heterocycles. The molecule has 2 heterocycles. The summed E-state index contributed by atoms with van der Waals surface area (Å²) in [4.78, 5) is 5.36. The molecule has 0 aromatic rings. The fourth-order valence-corrected chi connectivity index (χ4v) is 3.24.